The molecule has 1 aromatic heterocycles. The summed E-state index contributed by atoms with van der Waals surface area (Å²) in [6, 6.07) is 0.188. The van der Waals surface area contributed by atoms with E-state index < -0.39 is 5.97 Å². The van der Waals surface area contributed by atoms with Crippen LogP contribution < -0.4 is 0 Å². The Bertz CT molecular complexity index is 531. The second-order valence-corrected chi connectivity index (χ2v) is 5.96. The SMILES string of the molecule is CCCCCC(=O)N1CCC(n2ncc(C(=O)O)c2C)CC1. The minimum atomic E-state index is -0.938. The summed E-state index contributed by atoms with van der Waals surface area (Å²) in [5.74, 6) is -0.692. The van der Waals surface area contributed by atoms with Crippen LogP contribution in [0.2, 0.25) is 0 Å². The highest BCUT2D eigenvalue weighted by molar-refractivity contribution is 5.88. The van der Waals surface area contributed by atoms with Gasteiger partial charge in [0.2, 0.25) is 5.91 Å². The quantitative estimate of drug-likeness (QED) is 0.820. The molecule has 1 aromatic rings. The number of amides is 1. The van der Waals surface area contributed by atoms with Gasteiger partial charge in [-0.25, -0.2) is 4.79 Å². The number of hydrogen-bond donors (Lipinski definition) is 1. The summed E-state index contributed by atoms with van der Waals surface area (Å²) in [6.07, 6.45) is 6.92. The number of unbranched alkanes of at least 4 members (excludes halogenated alkanes) is 2. The van der Waals surface area contributed by atoms with Crippen LogP contribution in [-0.2, 0) is 4.79 Å². The molecule has 0 atom stereocenters. The standard InChI is InChI=1S/C16H25N3O3/c1-3-4-5-6-15(20)18-9-7-13(8-10-18)19-12(2)14(11-17-19)16(21)22/h11,13H,3-10H2,1-2H3,(H,21,22). The summed E-state index contributed by atoms with van der Waals surface area (Å²) in [5.41, 5.74) is 0.957. The zero-order chi connectivity index (χ0) is 16.1. The molecule has 6 heteroatoms. The summed E-state index contributed by atoms with van der Waals surface area (Å²) in [7, 11) is 0. The number of hydrogen-bond acceptors (Lipinski definition) is 3. The van der Waals surface area contributed by atoms with Crippen LogP contribution in [0.15, 0.2) is 6.20 Å². The highest BCUT2D eigenvalue weighted by atomic mass is 16.4. The molecule has 2 heterocycles. The van der Waals surface area contributed by atoms with E-state index in [1.54, 1.807) is 6.92 Å². The Morgan fingerprint density at radius 3 is 2.55 bits per heavy atom. The van der Waals surface area contributed by atoms with Crippen LogP contribution in [0.1, 0.15) is 67.5 Å². The summed E-state index contributed by atoms with van der Waals surface area (Å²) in [6.45, 7) is 5.39. The van der Waals surface area contributed by atoms with Gasteiger partial charge in [-0.3, -0.25) is 9.48 Å². The van der Waals surface area contributed by atoms with E-state index in [2.05, 4.69) is 12.0 Å². The van der Waals surface area contributed by atoms with Crippen molar-refractivity contribution < 1.29 is 14.7 Å². The molecule has 0 unspecified atom stereocenters. The maximum atomic E-state index is 12.1. The van der Waals surface area contributed by atoms with Gasteiger partial charge in [0.15, 0.2) is 0 Å². The van der Waals surface area contributed by atoms with Crippen molar-refractivity contribution in [3.8, 4) is 0 Å². The first-order chi connectivity index (χ1) is 10.5. The van der Waals surface area contributed by atoms with Gasteiger partial charge in [-0.05, 0) is 26.2 Å². The zero-order valence-corrected chi connectivity index (χ0v) is 13.4. The van der Waals surface area contributed by atoms with Gasteiger partial charge in [-0.1, -0.05) is 19.8 Å². The van der Waals surface area contributed by atoms with Crippen molar-refractivity contribution >= 4 is 11.9 Å². The van der Waals surface area contributed by atoms with Crippen LogP contribution in [0.25, 0.3) is 0 Å². The highest BCUT2D eigenvalue weighted by Gasteiger charge is 2.26. The van der Waals surface area contributed by atoms with Crippen molar-refractivity contribution in [1.29, 1.82) is 0 Å². The van der Waals surface area contributed by atoms with Crippen molar-refractivity contribution in [3.05, 3.63) is 17.5 Å². The number of likely N-dealkylation sites (tertiary alicyclic amines) is 1. The Hall–Kier alpha value is -1.85. The van der Waals surface area contributed by atoms with Crippen LogP contribution in [0, 0.1) is 6.92 Å². The maximum absolute atomic E-state index is 12.1. The van der Waals surface area contributed by atoms with Gasteiger partial charge >= 0.3 is 5.97 Å². The Morgan fingerprint density at radius 1 is 1.32 bits per heavy atom. The van der Waals surface area contributed by atoms with Gasteiger partial charge in [-0.15, -0.1) is 0 Å². The van der Waals surface area contributed by atoms with E-state index in [0.717, 1.165) is 45.2 Å². The third-order valence-electron chi connectivity index (χ3n) is 4.43. The number of aromatic carboxylic acids is 1. The van der Waals surface area contributed by atoms with Gasteiger partial charge in [0.05, 0.1) is 17.9 Å². The fraction of sp³-hybridized carbons (Fsp3) is 0.688. The topological polar surface area (TPSA) is 75.4 Å². The first kappa shape index (κ1) is 16.5. The monoisotopic (exact) mass is 307 g/mol. The van der Waals surface area contributed by atoms with Crippen molar-refractivity contribution in [2.24, 2.45) is 0 Å². The first-order valence-electron chi connectivity index (χ1n) is 8.09. The molecule has 22 heavy (non-hydrogen) atoms. The van der Waals surface area contributed by atoms with Gasteiger partial charge in [-0.2, -0.15) is 5.10 Å². The van der Waals surface area contributed by atoms with Crippen molar-refractivity contribution in [3.63, 3.8) is 0 Å². The van der Waals surface area contributed by atoms with Gasteiger partial charge in [0, 0.05) is 19.5 Å². The van der Waals surface area contributed by atoms with E-state index in [4.69, 9.17) is 5.11 Å². The van der Waals surface area contributed by atoms with E-state index in [1.807, 2.05) is 9.58 Å². The highest BCUT2D eigenvalue weighted by Crippen LogP contribution is 2.25. The lowest BCUT2D eigenvalue weighted by molar-refractivity contribution is -0.132. The molecule has 1 aliphatic rings. The molecule has 1 N–H and O–H groups in total. The average Bonchev–Trinajstić information content (AvgIpc) is 2.89. The molecule has 0 aliphatic carbocycles. The smallest absolute Gasteiger partial charge is 0.339 e. The van der Waals surface area contributed by atoms with E-state index >= 15 is 0 Å². The van der Waals surface area contributed by atoms with Crippen LogP contribution in [0.3, 0.4) is 0 Å². The maximum Gasteiger partial charge on any atom is 0.339 e. The van der Waals surface area contributed by atoms with Crippen molar-refractivity contribution in [2.45, 2.75) is 58.4 Å². The molecule has 0 radical (unpaired) electrons. The zero-order valence-electron chi connectivity index (χ0n) is 13.4. The fourth-order valence-corrected chi connectivity index (χ4v) is 3.05. The van der Waals surface area contributed by atoms with Crippen LogP contribution in [0.4, 0.5) is 0 Å². The van der Waals surface area contributed by atoms with Crippen LogP contribution >= 0.6 is 0 Å². The molecule has 1 amide bonds. The second-order valence-electron chi connectivity index (χ2n) is 5.96. The van der Waals surface area contributed by atoms with Crippen LogP contribution in [-0.4, -0.2) is 44.8 Å². The van der Waals surface area contributed by atoms with Gasteiger partial charge in [0.1, 0.15) is 5.56 Å². The molecular weight excluding hydrogens is 282 g/mol. The first-order valence-corrected chi connectivity index (χ1v) is 8.09. The minimum Gasteiger partial charge on any atom is -0.478 e. The third kappa shape index (κ3) is 3.67. The number of carboxylic acid groups (broad SMARTS) is 1. The minimum absolute atomic E-state index is 0.188. The molecule has 122 valence electrons. The summed E-state index contributed by atoms with van der Waals surface area (Å²) in [5, 5.41) is 13.3. The number of piperidine rings is 1. The molecule has 0 aromatic carbocycles. The van der Waals surface area contributed by atoms with E-state index in [0.29, 0.717) is 12.1 Å². The fourth-order valence-electron chi connectivity index (χ4n) is 3.05. The van der Waals surface area contributed by atoms with Gasteiger partial charge in [0.25, 0.3) is 0 Å². The summed E-state index contributed by atoms with van der Waals surface area (Å²) in [4.78, 5) is 25.1. The number of aromatic nitrogens is 2. The van der Waals surface area contributed by atoms with E-state index in [9.17, 15) is 9.59 Å². The average molecular weight is 307 g/mol. The lowest BCUT2D eigenvalue weighted by Crippen LogP contribution is -2.39. The molecule has 6 nitrogen and oxygen atoms in total. The number of nitrogens with zero attached hydrogens (tertiary/aromatic N) is 3. The normalized spacial score (nSPS) is 16.0. The van der Waals surface area contributed by atoms with E-state index in [-0.39, 0.29) is 17.5 Å². The molecule has 0 spiro atoms. The molecule has 0 bridgehead atoms. The Balaban J connectivity index is 1.89. The molecule has 1 saturated heterocycles. The molecule has 1 fully saturated rings. The van der Waals surface area contributed by atoms with Gasteiger partial charge < -0.3 is 10.0 Å². The third-order valence-corrected chi connectivity index (χ3v) is 4.43. The van der Waals surface area contributed by atoms with Crippen molar-refractivity contribution in [1.82, 2.24) is 14.7 Å². The largest absolute Gasteiger partial charge is 0.478 e. The molecular formula is C16H25N3O3. The lowest BCUT2D eigenvalue weighted by atomic mass is 10.0. The number of carbonyl (C=O) groups excluding carboxylic acids is 1. The summed E-state index contributed by atoms with van der Waals surface area (Å²) >= 11 is 0. The van der Waals surface area contributed by atoms with Crippen LogP contribution in [0.5, 0.6) is 0 Å². The Kier molecular flexibility index (Phi) is 5.57. The predicted molar refractivity (Wildman–Crippen MR) is 82.9 cm³/mol. The number of rotatable bonds is 6. The second kappa shape index (κ2) is 7.42. The molecule has 2 rings (SSSR count). The van der Waals surface area contributed by atoms with E-state index in [1.165, 1.54) is 6.20 Å². The predicted octanol–water partition coefficient (Wildman–Crippen LogP) is 2.63. The van der Waals surface area contributed by atoms with Crippen molar-refractivity contribution in [2.75, 3.05) is 13.1 Å². The Labute approximate surface area is 131 Å². The number of carbonyl (C=O) groups is 2. The lowest BCUT2D eigenvalue weighted by Gasteiger charge is -2.32. The molecule has 0 saturated carbocycles. The Morgan fingerprint density at radius 2 is 2.00 bits per heavy atom. The molecule has 1 aliphatic heterocycles. The summed E-state index contributed by atoms with van der Waals surface area (Å²) < 4.78 is 1.81. The number of carboxylic acids is 1.